The molecule has 13 N–H and O–H groups in total. The minimum Gasteiger partial charge on any atom is -0.480 e. The number of guanidine groups is 1. The lowest BCUT2D eigenvalue weighted by Gasteiger charge is -2.25. The van der Waals surface area contributed by atoms with Gasteiger partial charge in [-0.2, -0.15) is 11.8 Å². The summed E-state index contributed by atoms with van der Waals surface area (Å²) < 4.78 is 0. The largest absolute Gasteiger partial charge is 0.480 e. The summed E-state index contributed by atoms with van der Waals surface area (Å²) >= 11 is 1.44. The molecule has 0 aromatic carbocycles. The summed E-state index contributed by atoms with van der Waals surface area (Å²) in [6.45, 7) is 0.286. The molecule has 0 aliphatic carbocycles. The van der Waals surface area contributed by atoms with E-state index >= 15 is 0 Å². The van der Waals surface area contributed by atoms with Crippen molar-refractivity contribution in [1.29, 1.82) is 0 Å². The van der Waals surface area contributed by atoms with E-state index in [0.29, 0.717) is 17.9 Å². The average Bonchev–Trinajstić information content (AvgIpc) is 3.38. The van der Waals surface area contributed by atoms with Crippen LogP contribution in [0.1, 0.15) is 37.8 Å². The predicted octanol–water partition coefficient (Wildman–Crippen LogP) is -3.11. The third-order valence-corrected chi connectivity index (χ3v) is 6.10. The fraction of sp³-hybridized carbons (Fsp3) is 0.591. The van der Waals surface area contributed by atoms with Crippen LogP contribution in [0, 0.1) is 0 Å². The van der Waals surface area contributed by atoms with Gasteiger partial charge >= 0.3 is 5.97 Å². The number of carbonyl (C=O) groups excluding carboxylic acids is 4. The molecule has 1 rings (SSSR count). The Morgan fingerprint density at radius 3 is 2.15 bits per heavy atom. The number of amides is 4. The van der Waals surface area contributed by atoms with Crippen LogP contribution in [-0.4, -0.2) is 93.4 Å². The van der Waals surface area contributed by atoms with Gasteiger partial charge in [0, 0.05) is 31.3 Å². The number of imidazole rings is 1. The summed E-state index contributed by atoms with van der Waals surface area (Å²) in [7, 11) is 0. The number of hydrogen-bond donors (Lipinski definition) is 9. The third kappa shape index (κ3) is 13.5. The first kappa shape index (κ1) is 33.2. The molecule has 0 bridgehead atoms. The molecule has 4 unspecified atom stereocenters. The van der Waals surface area contributed by atoms with Gasteiger partial charge in [0.05, 0.1) is 12.4 Å². The van der Waals surface area contributed by atoms with Gasteiger partial charge in [0.1, 0.15) is 18.1 Å². The van der Waals surface area contributed by atoms with Crippen molar-refractivity contribution in [1.82, 2.24) is 25.9 Å². The van der Waals surface area contributed by atoms with Crippen LogP contribution < -0.4 is 38.9 Å². The number of carboxylic acids is 1. The molecule has 39 heavy (non-hydrogen) atoms. The number of aromatic amines is 1. The van der Waals surface area contributed by atoms with E-state index in [9.17, 15) is 29.1 Å². The Morgan fingerprint density at radius 2 is 1.62 bits per heavy atom. The smallest absolute Gasteiger partial charge is 0.326 e. The van der Waals surface area contributed by atoms with E-state index in [1.807, 2.05) is 6.26 Å². The van der Waals surface area contributed by atoms with Crippen LogP contribution in [0.15, 0.2) is 17.5 Å². The second kappa shape index (κ2) is 17.6. The van der Waals surface area contributed by atoms with Crippen molar-refractivity contribution in [3.05, 3.63) is 18.2 Å². The van der Waals surface area contributed by atoms with Crippen molar-refractivity contribution in [3.8, 4) is 0 Å². The molecule has 1 heterocycles. The number of nitrogens with one attached hydrogen (secondary N) is 4. The van der Waals surface area contributed by atoms with E-state index in [1.54, 1.807) is 0 Å². The summed E-state index contributed by atoms with van der Waals surface area (Å²) in [5.41, 5.74) is 22.2. The molecule has 4 amide bonds. The third-order valence-electron chi connectivity index (χ3n) is 5.45. The van der Waals surface area contributed by atoms with E-state index in [4.69, 9.17) is 22.9 Å². The van der Waals surface area contributed by atoms with Gasteiger partial charge in [0.2, 0.25) is 23.6 Å². The Hall–Kier alpha value is -3.86. The first-order chi connectivity index (χ1) is 18.4. The summed E-state index contributed by atoms with van der Waals surface area (Å²) in [6.07, 6.45) is 5.00. The minimum absolute atomic E-state index is 0.0762. The average molecular weight is 571 g/mol. The summed E-state index contributed by atoms with van der Waals surface area (Å²) in [5.74, 6) is -3.71. The summed E-state index contributed by atoms with van der Waals surface area (Å²) in [6, 6.07) is -4.61. The first-order valence-corrected chi connectivity index (χ1v) is 13.5. The van der Waals surface area contributed by atoms with Crippen molar-refractivity contribution in [2.24, 2.45) is 27.9 Å². The Kier molecular flexibility index (Phi) is 15.0. The van der Waals surface area contributed by atoms with Crippen molar-refractivity contribution in [2.75, 3.05) is 18.6 Å². The maximum atomic E-state index is 13.1. The van der Waals surface area contributed by atoms with Crippen molar-refractivity contribution < 1.29 is 29.1 Å². The number of carbonyl (C=O) groups is 5. The standard InChI is InChI=1S/C22H38N10O6S/c1-39-8-6-15(30-18(34)13(23)3-2-7-28-22(25)26)20(36)31-14(4-5-17(24)33)19(35)32-16(21(37)38)9-12-10-27-11-29-12/h10-11,13-16H,2-9,23H2,1H3,(H2,24,33)(H,27,29)(H,30,34)(H,31,36)(H,32,35)(H,37,38)(H4,25,26,28). The molecule has 218 valence electrons. The van der Waals surface area contributed by atoms with Gasteiger partial charge in [-0.3, -0.25) is 24.2 Å². The molecule has 0 aliphatic heterocycles. The Bertz CT molecular complexity index is 986. The van der Waals surface area contributed by atoms with E-state index in [0.717, 1.165) is 0 Å². The highest BCUT2D eigenvalue weighted by atomic mass is 32.2. The minimum atomic E-state index is -1.34. The quantitative estimate of drug-likeness (QED) is 0.0455. The first-order valence-electron chi connectivity index (χ1n) is 12.1. The molecular weight excluding hydrogens is 532 g/mol. The lowest BCUT2D eigenvalue weighted by Crippen LogP contribution is -2.57. The number of primary amides is 1. The molecule has 0 spiro atoms. The molecule has 1 aromatic rings. The van der Waals surface area contributed by atoms with Crippen LogP contribution in [0.25, 0.3) is 0 Å². The monoisotopic (exact) mass is 570 g/mol. The molecule has 0 radical (unpaired) electrons. The fourth-order valence-electron chi connectivity index (χ4n) is 3.35. The predicted molar refractivity (Wildman–Crippen MR) is 145 cm³/mol. The topological polar surface area (TPSA) is 287 Å². The zero-order valence-corrected chi connectivity index (χ0v) is 22.5. The van der Waals surface area contributed by atoms with Crippen LogP contribution in [0.4, 0.5) is 0 Å². The zero-order valence-electron chi connectivity index (χ0n) is 21.7. The van der Waals surface area contributed by atoms with E-state index < -0.39 is 53.8 Å². The zero-order chi connectivity index (χ0) is 29.4. The number of aliphatic carboxylic acids is 1. The second-order valence-corrected chi connectivity index (χ2v) is 9.63. The van der Waals surface area contributed by atoms with Crippen molar-refractivity contribution in [3.63, 3.8) is 0 Å². The van der Waals surface area contributed by atoms with Gasteiger partial charge < -0.3 is 49.0 Å². The maximum Gasteiger partial charge on any atom is 0.326 e. The van der Waals surface area contributed by atoms with Gasteiger partial charge in [0.25, 0.3) is 0 Å². The number of carboxylic acid groups (broad SMARTS) is 1. The maximum absolute atomic E-state index is 13.1. The van der Waals surface area contributed by atoms with Crippen LogP contribution in [-0.2, 0) is 30.4 Å². The lowest BCUT2D eigenvalue weighted by atomic mass is 10.1. The number of hydrogen-bond acceptors (Lipinski definition) is 9. The van der Waals surface area contributed by atoms with Crippen LogP contribution in [0.2, 0.25) is 0 Å². The van der Waals surface area contributed by atoms with Gasteiger partial charge in [-0.05, 0) is 37.7 Å². The van der Waals surface area contributed by atoms with Crippen LogP contribution >= 0.6 is 11.8 Å². The molecule has 0 aliphatic rings. The van der Waals surface area contributed by atoms with E-state index in [-0.39, 0.29) is 44.6 Å². The Balaban J connectivity index is 2.93. The number of thioether (sulfide) groups is 1. The Morgan fingerprint density at radius 1 is 1.00 bits per heavy atom. The SMILES string of the molecule is CSCCC(NC(=O)C(N)CCCN=C(N)N)C(=O)NC(CCC(N)=O)C(=O)NC(Cc1cnc[nH]1)C(=O)O. The van der Waals surface area contributed by atoms with Gasteiger partial charge in [0.15, 0.2) is 5.96 Å². The molecule has 0 saturated carbocycles. The van der Waals surface area contributed by atoms with Gasteiger partial charge in [-0.15, -0.1) is 0 Å². The number of rotatable bonds is 19. The van der Waals surface area contributed by atoms with E-state index in [2.05, 4.69) is 30.9 Å². The number of aromatic nitrogens is 2. The Labute approximate surface area is 229 Å². The van der Waals surface area contributed by atoms with E-state index in [1.165, 1.54) is 24.3 Å². The van der Waals surface area contributed by atoms with Gasteiger partial charge in [-0.1, -0.05) is 0 Å². The molecule has 16 nitrogen and oxygen atoms in total. The molecule has 4 atom stereocenters. The fourth-order valence-corrected chi connectivity index (χ4v) is 3.82. The van der Waals surface area contributed by atoms with Crippen LogP contribution in [0.3, 0.4) is 0 Å². The van der Waals surface area contributed by atoms with Crippen molar-refractivity contribution in [2.45, 2.75) is 62.7 Å². The summed E-state index contributed by atoms with van der Waals surface area (Å²) in [4.78, 5) is 72.2. The molecular formula is C22H38N10O6S. The number of nitrogens with zero attached hydrogens (tertiary/aromatic N) is 2. The highest BCUT2D eigenvalue weighted by molar-refractivity contribution is 7.98. The molecule has 0 saturated heterocycles. The summed E-state index contributed by atoms with van der Waals surface area (Å²) in [5, 5.41) is 17.0. The number of H-pyrrole nitrogens is 1. The normalized spacial score (nSPS) is 13.8. The highest BCUT2D eigenvalue weighted by Crippen LogP contribution is 2.07. The van der Waals surface area contributed by atoms with Crippen LogP contribution in [0.5, 0.6) is 0 Å². The second-order valence-electron chi connectivity index (χ2n) is 8.64. The lowest BCUT2D eigenvalue weighted by molar-refractivity contribution is -0.142. The van der Waals surface area contributed by atoms with Gasteiger partial charge in [-0.25, -0.2) is 9.78 Å². The molecule has 0 fully saturated rings. The van der Waals surface area contributed by atoms with Crippen molar-refractivity contribution >= 4 is 47.3 Å². The molecule has 17 heteroatoms. The highest BCUT2D eigenvalue weighted by Gasteiger charge is 2.30. The number of nitrogens with two attached hydrogens (primary N) is 4. The number of aliphatic imine (C=N–C) groups is 1. The molecule has 1 aromatic heterocycles.